The van der Waals surface area contributed by atoms with Gasteiger partial charge in [0.15, 0.2) is 6.10 Å². The van der Waals surface area contributed by atoms with E-state index in [0.717, 1.165) is 38.6 Å². The maximum absolute atomic E-state index is 10.8. The molecule has 0 spiro atoms. The lowest BCUT2D eigenvalue weighted by atomic mass is 10.2. The summed E-state index contributed by atoms with van der Waals surface area (Å²) in [5.41, 5.74) is 0. The van der Waals surface area contributed by atoms with Gasteiger partial charge < -0.3 is 19.5 Å². The second-order valence-electron chi connectivity index (χ2n) is 5.44. The van der Waals surface area contributed by atoms with Crippen LogP contribution >= 0.6 is 0 Å². The summed E-state index contributed by atoms with van der Waals surface area (Å²) in [6.07, 6.45) is 3.56. The molecule has 0 radical (unpaired) electrons. The number of rotatable bonds is 8. The Balaban J connectivity index is 1.53. The van der Waals surface area contributed by atoms with Crippen LogP contribution in [0.1, 0.15) is 25.7 Å². The van der Waals surface area contributed by atoms with Gasteiger partial charge >= 0.3 is 5.97 Å². The Labute approximate surface area is 108 Å². The molecule has 1 aliphatic heterocycles. The number of aliphatic carboxylic acids is 1. The molecule has 2 rings (SSSR count). The molecule has 0 aromatic rings. The van der Waals surface area contributed by atoms with Crippen LogP contribution in [0.3, 0.4) is 0 Å². The van der Waals surface area contributed by atoms with E-state index in [-0.39, 0.29) is 6.10 Å². The Kier molecular flexibility index (Phi) is 4.97. The molecule has 1 saturated carbocycles. The summed E-state index contributed by atoms with van der Waals surface area (Å²) in [5, 5.41) is 8.84. The first-order valence-electron chi connectivity index (χ1n) is 6.79. The van der Waals surface area contributed by atoms with Crippen LogP contribution in [0.5, 0.6) is 0 Å². The zero-order valence-corrected chi connectivity index (χ0v) is 11.0. The van der Waals surface area contributed by atoms with Crippen molar-refractivity contribution in [3.8, 4) is 0 Å². The third kappa shape index (κ3) is 4.55. The van der Waals surface area contributed by atoms with Gasteiger partial charge in [0.25, 0.3) is 0 Å². The predicted octanol–water partition coefficient (Wildman–Crippen LogP) is 0.977. The van der Waals surface area contributed by atoms with Gasteiger partial charge in [-0.05, 0) is 38.6 Å². The molecule has 1 aliphatic carbocycles. The van der Waals surface area contributed by atoms with Gasteiger partial charge in [-0.3, -0.25) is 0 Å². The van der Waals surface area contributed by atoms with Crippen LogP contribution in [-0.2, 0) is 14.3 Å². The molecule has 1 saturated heterocycles. The summed E-state index contributed by atoms with van der Waals surface area (Å²) in [6.45, 7) is 3.32. The number of carboxylic acids is 1. The number of likely N-dealkylation sites (N-methyl/N-ethyl adjacent to an activating group) is 1. The second kappa shape index (κ2) is 6.50. The topological polar surface area (TPSA) is 59.0 Å². The van der Waals surface area contributed by atoms with Gasteiger partial charge in [-0.15, -0.1) is 0 Å². The highest BCUT2D eigenvalue weighted by molar-refractivity contribution is 5.72. The molecule has 0 amide bonds. The number of ether oxygens (including phenoxy) is 2. The van der Waals surface area contributed by atoms with Crippen molar-refractivity contribution in [2.24, 2.45) is 5.92 Å². The van der Waals surface area contributed by atoms with Crippen LogP contribution in [-0.4, -0.2) is 61.5 Å². The van der Waals surface area contributed by atoms with Crippen molar-refractivity contribution < 1.29 is 19.4 Å². The van der Waals surface area contributed by atoms with Crippen molar-refractivity contribution in [3.63, 3.8) is 0 Å². The molecule has 0 bridgehead atoms. The van der Waals surface area contributed by atoms with Gasteiger partial charge in [0.2, 0.25) is 0 Å². The van der Waals surface area contributed by atoms with Crippen LogP contribution < -0.4 is 0 Å². The van der Waals surface area contributed by atoms with Crippen LogP contribution in [0.2, 0.25) is 0 Å². The molecule has 2 fully saturated rings. The summed E-state index contributed by atoms with van der Waals surface area (Å²) in [5.74, 6) is -0.0299. The van der Waals surface area contributed by atoms with Crippen molar-refractivity contribution in [1.82, 2.24) is 4.90 Å². The summed E-state index contributed by atoms with van der Waals surface area (Å²) in [6, 6.07) is 0. The Bertz CT molecular complexity index is 280. The lowest BCUT2D eigenvalue weighted by molar-refractivity contribution is -0.149. The van der Waals surface area contributed by atoms with Crippen molar-refractivity contribution in [2.75, 3.05) is 33.4 Å². The van der Waals surface area contributed by atoms with Crippen molar-refractivity contribution in [1.29, 1.82) is 0 Å². The molecule has 1 N–H and O–H groups in total. The third-order valence-electron chi connectivity index (χ3n) is 3.57. The van der Waals surface area contributed by atoms with Crippen LogP contribution in [0.15, 0.2) is 0 Å². The lowest BCUT2D eigenvalue weighted by Gasteiger charge is -2.20. The van der Waals surface area contributed by atoms with Crippen LogP contribution in [0.25, 0.3) is 0 Å². The van der Waals surface area contributed by atoms with E-state index < -0.39 is 12.1 Å². The molecular weight excluding hydrogens is 234 g/mol. The smallest absolute Gasteiger partial charge is 0.332 e. The summed E-state index contributed by atoms with van der Waals surface area (Å²) in [7, 11) is 2.03. The van der Waals surface area contributed by atoms with E-state index in [4.69, 9.17) is 14.6 Å². The fraction of sp³-hybridized carbons (Fsp3) is 0.923. The molecule has 2 aliphatic rings. The number of carbonyl (C=O) groups is 1. The number of nitrogens with zero attached hydrogens (tertiary/aromatic N) is 1. The minimum Gasteiger partial charge on any atom is -0.479 e. The van der Waals surface area contributed by atoms with Crippen molar-refractivity contribution in [2.45, 2.75) is 37.9 Å². The molecule has 1 heterocycles. The molecule has 18 heavy (non-hydrogen) atoms. The highest BCUT2D eigenvalue weighted by Gasteiger charge is 2.30. The zero-order chi connectivity index (χ0) is 13.0. The molecular formula is C13H23NO4. The average Bonchev–Trinajstić information content (AvgIpc) is 3.03. The fourth-order valence-corrected chi connectivity index (χ4v) is 2.22. The summed E-state index contributed by atoms with van der Waals surface area (Å²) < 4.78 is 11.0. The van der Waals surface area contributed by atoms with Gasteiger partial charge in [0, 0.05) is 19.7 Å². The van der Waals surface area contributed by atoms with E-state index in [1.807, 2.05) is 7.05 Å². The number of hydrogen-bond donors (Lipinski definition) is 1. The Hall–Kier alpha value is -0.650. The standard InChI is InChI=1S/C13H23NO4/c1-14(6-7-17-9-10-2-3-10)8-11-4-5-12(18-11)13(15)16/h10-12H,2-9H2,1H3,(H,15,16). The van der Waals surface area contributed by atoms with E-state index in [1.54, 1.807) is 0 Å². The number of hydrogen-bond acceptors (Lipinski definition) is 4. The van der Waals surface area contributed by atoms with E-state index in [0.29, 0.717) is 6.42 Å². The van der Waals surface area contributed by atoms with Gasteiger partial charge in [0.1, 0.15) is 0 Å². The fourth-order valence-electron chi connectivity index (χ4n) is 2.22. The van der Waals surface area contributed by atoms with Crippen LogP contribution in [0, 0.1) is 5.92 Å². The second-order valence-corrected chi connectivity index (χ2v) is 5.44. The first-order valence-corrected chi connectivity index (χ1v) is 6.79. The van der Waals surface area contributed by atoms with Gasteiger partial charge in [0.05, 0.1) is 12.7 Å². The Morgan fingerprint density at radius 3 is 2.78 bits per heavy atom. The van der Waals surface area contributed by atoms with E-state index >= 15 is 0 Å². The molecule has 5 nitrogen and oxygen atoms in total. The quantitative estimate of drug-likeness (QED) is 0.657. The third-order valence-corrected chi connectivity index (χ3v) is 3.57. The normalized spacial score (nSPS) is 27.9. The summed E-state index contributed by atoms with van der Waals surface area (Å²) in [4.78, 5) is 12.9. The maximum atomic E-state index is 10.8. The van der Waals surface area contributed by atoms with Crippen LogP contribution in [0.4, 0.5) is 0 Å². The van der Waals surface area contributed by atoms with Gasteiger partial charge in [-0.2, -0.15) is 0 Å². The highest BCUT2D eigenvalue weighted by Crippen LogP contribution is 2.28. The SMILES string of the molecule is CN(CCOCC1CC1)CC1CCC(C(=O)O)O1. The highest BCUT2D eigenvalue weighted by atomic mass is 16.5. The molecule has 0 aromatic heterocycles. The van der Waals surface area contributed by atoms with Crippen molar-refractivity contribution >= 4 is 5.97 Å². The van der Waals surface area contributed by atoms with Crippen molar-refractivity contribution in [3.05, 3.63) is 0 Å². The first-order chi connectivity index (χ1) is 8.65. The maximum Gasteiger partial charge on any atom is 0.332 e. The van der Waals surface area contributed by atoms with E-state index in [9.17, 15) is 4.79 Å². The molecule has 2 unspecified atom stereocenters. The Morgan fingerprint density at radius 1 is 1.39 bits per heavy atom. The van der Waals surface area contributed by atoms with Gasteiger partial charge in [-0.25, -0.2) is 4.79 Å². The van der Waals surface area contributed by atoms with Gasteiger partial charge in [-0.1, -0.05) is 0 Å². The molecule has 5 heteroatoms. The Morgan fingerprint density at radius 2 is 2.17 bits per heavy atom. The minimum atomic E-state index is -0.840. The van der Waals surface area contributed by atoms with E-state index in [1.165, 1.54) is 12.8 Å². The minimum absolute atomic E-state index is 0.0551. The zero-order valence-electron chi connectivity index (χ0n) is 11.0. The predicted molar refractivity (Wildman–Crippen MR) is 66.6 cm³/mol. The monoisotopic (exact) mass is 257 g/mol. The molecule has 104 valence electrons. The van der Waals surface area contributed by atoms with E-state index in [2.05, 4.69) is 4.90 Å². The molecule has 2 atom stereocenters. The number of carboxylic acid groups (broad SMARTS) is 1. The average molecular weight is 257 g/mol. The molecule has 0 aromatic carbocycles. The first kappa shape index (κ1) is 13.8. The largest absolute Gasteiger partial charge is 0.479 e. The summed E-state index contributed by atoms with van der Waals surface area (Å²) >= 11 is 0. The lowest BCUT2D eigenvalue weighted by Crippen LogP contribution is -2.33.